The third-order valence-corrected chi connectivity index (χ3v) is 3.13. The fourth-order valence-corrected chi connectivity index (χ4v) is 2.03. The molecule has 1 aromatic carbocycles. The molecule has 1 N–H and O–H groups in total. The molecule has 0 heterocycles. The number of hydrogen-bond acceptors (Lipinski definition) is 2. The monoisotopic (exact) mass is 296 g/mol. The Morgan fingerprint density at radius 3 is 2.38 bits per heavy atom. The molecular weight excluding hydrogens is 275 g/mol. The highest BCUT2D eigenvalue weighted by Crippen LogP contribution is 2.20. The average molecular weight is 296 g/mol. The number of amides is 2. The molecule has 1 rings (SSSR count). The number of para-hydroxylation sites is 1. The lowest BCUT2D eigenvalue weighted by Gasteiger charge is -2.32. The SMILES string of the molecule is CCN(C(=O)N(CCC(=O)O)C(C)C)c1ccccc1F. The van der Waals surface area contributed by atoms with Crippen molar-refractivity contribution in [1.82, 2.24) is 4.90 Å². The molecule has 0 radical (unpaired) electrons. The van der Waals surface area contributed by atoms with Gasteiger partial charge in [0.05, 0.1) is 12.1 Å². The molecule has 116 valence electrons. The molecule has 0 aliphatic rings. The van der Waals surface area contributed by atoms with Crippen molar-refractivity contribution in [2.24, 2.45) is 0 Å². The maximum Gasteiger partial charge on any atom is 0.324 e. The summed E-state index contributed by atoms with van der Waals surface area (Å²) in [6, 6.07) is 5.48. The van der Waals surface area contributed by atoms with Crippen LogP contribution >= 0.6 is 0 Å². The van der Waals surface area contributed by atoms with Crippen molar-refractivity contribution in [3.63, 3.8) is 0 Å². The van der Waals surface area contributed by atoms with Crippen molar-refractivity contribution in [1.29, 1.82) is 0 Å². The first-order valence-electron chi connectivity index (χ1n) is 6.93. The third-order valence-electron chi connectivity index (χ3n) is 3.13. The fraction of sp³-hybridized carbons (Fsp3) is 0.467. The predicted octanol–water partition coefficient (Wildman–Crippen LogP) is 2.96. The molecule has 2 amide bonds. The molecule has 21 heavy (non-hydrogen) atoms. The van der Waals surface area contributed by atoms with Gasteiger partial charge in [0.2, 0.25) is 0 Å². The highest BCUT2D eigenvalue weighted by molar-refractivity contribution is 5.92. The Labute approximate surface area is 124 Å². The average Bonchev–Trinajstić information content (AvgIpc) is 2.41. The van der Waals surface area contributed by atoms with Crippen LogP contribution in [0.15, 0.2) is 24.3 Å². The van der Waals surface area contributed by atoms with Crippen LogP contribution in [0.25, 0.3) is 0 Å². The number of anilines is 1. The number of carbonyl (C=O) groups is 2. The van der Waals surface area contributed by atoms with E-state index in [0.29, 0.717) is 6.54 Å². The molecule has 6 heteroatoms. The van der Waals surface area contributed by atoms with Crippen molar-refractivity contribution < 1.29 is 19.1 Å². The van der Waals surface area contributed by atoms with E-state index in [2.05, 4.69) is 0 Å². The van der Waals surface area contributed by atoms with E-state index in [1.165, 1.54) is 21.9 Å². The number of rotatable bonds is 6. The van der Waals surface area contributed by atoms with E-state index in [0.717, 1.165) is 0 Å². The van der Waals surface area contributed by atoms with Crippen LogP contribution in [0.4, 0.5) is 14.9 Å². The maximum absolute atomic E-state index is 13.9. The van der Waals surface area contributed by atoms with Crippen LogP contribution in [0, 0.1) is 5.82 Å². The van der Waals surface area contributed by atoms with E-state index in [9.17, 15) is 14.0 Å². The number of benzene rings is 1. The second kappa shape index (κ2) is 7.61. The first-order chi connectivity index (χ1) is 9.88. The van der Waals surface area contributed by atoms with Gasteiger partial charge in [0.1, 0.15) is 5.82 Å². The van der Waals surface area contributed by atoms with Gasteiger partial charge in [0.15, 0.2) is 0 Å². The molecule has 0 bridgehead atoms. The summed E-state index contributed by atoms with van der Waals surface area (Å²) in [5, 5.41) is 8.77. The molecule has 0 aromatic heterocycles. The molecule has 1 aromatic rings. The Balaban J connectivity index is 2.99. The van der Waals surface area contributed by atoms with Gasteiger partial charge in [0.25, 0.3) is 0 Å². The number of carboxylic acids is 1. The summed E-state index contributed by atoms with van der Waals surface area (Å²) in [6.45, 7) is 5.75. The molecule has 0 unspecified atom stereocenters. The summed E-state index contributed by atoms with van der Waals surface area (Å²) in [5.41, 5.74) is 0.200. The normalized spacial score (nSPS) is 10.5. The quantitative estimate of drug-likeness (QED) is 0.878. The Morgan fingerprint density at radius 1 is 1.29 bits per heavy atom. The molecule has 0 spiro atoms. The zero-order valence-corrected chi connectivity index (χ0v) is 12.5. The third kappa shape index (κ3) is 4.44. The first kappa shape index (κ1) is 16.9. The van der Waals surface area contributed by atoms with Gasteiger partial charge in [-0.1, -0.05) is 12.1 Å². The Bertz CT molecular complexity index is 505. The van der Waals surface area contributed by atoms with Crippen molar-refractivity contribution >= 4 is 17.7 Å². The van der Waals surface area contributed by atoms with Gasteiger partial charge < -0.3 is 10.0 Å². The number of urea groups is 1. The molecule has 0 aliphatic heterocycles. The molecule has 0 atom stereocenters. The molecule has 0 saturated heterocycles. The van der Waals surface area contributed by atoms with E-state index in [-0.39, 0.29) is 30.7 Å². The number of halogens is 1. The molecule has 0 fully saturated rings. The molecule has 0 saturated carbocycles. The minimum Gasteiger partial charge on any atom is -0.481 e. The Morgan fingerprint density at radius 2 is 1.90 bits per heavy atom. The second-order valence-electron chi connectivity index (χ2n) is 4.91. The van der Waals surface area contributed by atoms with Gasteiger partial charge in [-0.2, -0.15) is 0 Å². The van der Waals surface area contributed by atoms with E-state index >= 15 is 0 Å². The van der Waals surface area contributed by atoms with E-state index in [4.69, 9.17) is 5.11 Å². The smallest absolute Gasteiger partial charge is 0.324 e. The van der Waals surface area contributed by atoms with Crippen LogP contribution in [0.2, 0.25) is 0 Å². The van der Waals surface area contributed by atoms with E-state index in [1.54, 1.807) is 32.9 Å². The Hall–Kier alpha value is -2.11. The van der Waals surface area contributed by atoms with Crippen LogP contribution in [0.5, 0.6) is 0 Å². The summed E-state index contributed by atoms with van der Waals surface area (Å²) in [7, 11) is 0. The summed E-state index contributed by atoms with van der Waals surface area (Å²) >= 11 is 0. The largest absolute Gasteiger partial charge is 0.481 e. The van der Waals surface area contributed by atoms with Crippen LogP contribution in [0.3, 0.4) is 0 Å². The lowest BCUT2D eigenvalue weighted by Crippen LogP contribution is -2.47. The molecular formula is C15H21FN2O3. The first-order valence-corrected chi connectivity index (χ1v) is 6.93. The van der Waals surface area contributed by atoms with Gasteiger partial charge in [-0.05, 0) is 32.9 Å². The van der Waals surface area contributed by atoms with E-state index in [1.807, 2.05) is 0 Å². The summed E-state index contributed by atoms with van der Waals surface area (Å²) in [6.07, 6.45) is -0.140. The maximum atomic E-state index is 13.9. The molecule has 5 nitrogen and oxygen atoms in total. The standard InChI is InChI=1S/C15H21FN2O3/c1-4-17(13-8-6-5-7-12(13)16)15(21)18(11(2)3)10-9-14(19)20/h5-8,11H,4,9-10H2,1-3H3,(H,19,20). The van der Waals surface area contributed by atoms with Crippen molar-refractivity contribution in [3.8, 4) is 0 Å². The van der Waals surface area contributed by atoms with Gasteiger partial charge in [0, 0.05) is 19.1 Å². The second-order valence-corrected chi connectivity index (χ2v) is 4.91. The lowest BCUT2D eigenvalue weighted by atomic mass is 10.2. The number of nitrogens with zero attached hydrogens (tertiary/aromatic N) is 2. The van der Waals surface area contributed by atoms with Crippen LogP contribution in [-0.2, 0) is 4.79 Å². The zero-order chi connectivity index (χ0) is 16.0. The fourth-order valence-electron chi connectivity index (χ4n) is 2.03. The summed E-state index contributed by atoms with van der Waals surface area (Å²) in [4.78, 5) is 26.0. The van der Waals surface area contributed by atoms with Crippen molar-refractivity contribution in [3.05, 3.63) is 30.1 Å². The predicted molar refractivity (Wildman–Crippen MR) is 78.9 cm³/mol. The van der Waals surface area contributed by atoms with Gasteiger partial charge in [-0.25, -0.2) is 9.18 Å². The minimum absolute atomic E-state index is 0.0940. The highest BCUT2D eigenvalue weighted by Gasteiger charge is 2.25. The van der Waals surface area contributed by atoms with Crippen molar-refractivity contribution in [2.45, 2.75) is 33.2 Å². The summed E-state index contributed by atoms with van der Waals surface area (Å²) < 4.78 is 13.9. The van der Waals surface area contributed by atoms with Crippen LogP contribution in [0.1, 0.15) is 27.2 Å². The minimum atomic E-state index is -0.970. The van der Waals surface area contributed by atoms with E-state index < -0.39 is 11.8 Å². The van der Waals surface area contributed by atoms with Crippen molar-refractivity contribution in [2.75, 3.05) is 18.0 Å². The topological polar surface area (TPSA) is 60.9 Å². The number of carboxylic acid groups (broad SMARTS) is 1. The van der Waals surface area contributed by atoms with Crippen LogP contribution < -0.4 is 4.90 Å². The van der Waals surface area contributed by atoms with Gasteiger partial charge >= 0.3 is 12.0 Å². The summed E-state index contributed by atoms with van der Waals surface area (Å²) in [5.74, 6) is -1.45. The number of aliphatic carboxylic acids is 1. The highest BCUT2D eigenvalue weighted by atomic mass is 19.1. The number of carbonyl (C=O) groups excluding carboxylic acids is 1. The van der Waals surface area contributed by atoms with Gasteiger partial charge in [-0.15, -0.1) is 0 Å². The lowest BCUT2D eigenvalue weighted by molar-refractivity contribution is -0.137. The molecule has 0 aliphatic carbocycles. The Kier molecular flexibility index (Phi) is 6.14. The zero-order valence-electron chi connectivity index (χ0n) is 12.5. The van der Waals surface area contributed by atoms with Crippen LogP contribution in [-0.4, -0.2) is 41.1 Å². The number of hydrogen-bond donors (Lipinski definition) is 1. The van der Waals surface area contributed by atoms with Gasteiger partial charge in [-0.3, -0.25) is 9.69 Å².